The molecule has 20 heavy (non-hydrogen) atoms. The maximum atomic E-state index is 13.6. The van der Waals surface area contributed by atoms with Crippen molar-refractivity contribution in [2.75, 3.05) is 13.1 Å². The molecule has 1 aromatic heterocycles. The monoisotopic (exact) mass is 277 g/mol. The minimum absolute atomic E-state index is 0.437. The van der Waals surface area contributed by atoms with Crippen LogP contribution in [-0.4, -0.2) is 28.2 Å². The molecule has 0 saturated carbocycles. The minimum atomic E-state index is -0.768. The highest BCUT2D eigenvalue weighted by Crippen LogP contribution is 2.28. The molecule has 0 unspecified atom stereocenters. The fraction of sp³-hybridized carbons (Fsp3) is 0.400. The maximum Gasteiger partial charge on any atom is 0.163 e. The Morgan fingerprint density at radius 2 is 2.05 bits per heavy atom. The molecular weight excluding hydrogens is 260 g/mol. The summed E-state index contributed by atoms with van der Waals surface area (Å²) in [5.41, 5.74) is 1.67. The first-order valence-electron chi connectivity index (χ1n) is 6.88. The Morgan fingerprint density at radius 3 is 2.75 bits per heavy atom. The lowest BCUT2D eigenvalue weighted by atomic mass is 9.91. The predicted octanol–water partition coefficient (Wildman–Crippen LogP) is 3.07. The maximum absolute atomic E-state index is 13.6. The number of nitrogens with one attached hydrogen (secondary N) is 1. The van der Waals surface area contributed by atoms with Crippen LogP contribution in [0.1, 0.15) is 29.9 Å². The van der Waals surface area contributed by atoms with E-state index in [0.717, 1.165) is 32.0 Å². The molecule has 1 aliphatic heterocycles. The number of aromatic nitrogens is 2. The lowest BCUT2D eigenvalue weighted by Crippen LogP contribution is -2.32. The third kappa shape index (κ3) is 2.72. The third-order valence-electron chi connectivity index (χ3n) is 4.00. The second-order valence-corrected chi connectivity index (χ2v) is 5.29. The van der Waals surface area contributed by atoms with Crippen LogP contribution >= 0.6 is 0 Å². The van der Waals surface area contributed by atoms with Gasteiger partial charge in [-0.05, 0) is 43.5 Å². The molecule has 3 nitrogen and oxygen atoms in total. The van der Waals surface area contributed by atoms with E-state index in [1.54, 1.807) is 12.1 Å². The van der Waals surface area contributed by atoms with Crippen molar-refractivity contribution < 1.29 is 8.78 Å². The highest BCUT2D eigenvalue weighted by molar-refractivity contribution is 5.19. The van der Waals surface area contributed by atoms with Crippen molar-refractivity contribution in [3.8, 4) is 0 Å². The lowest BCUT2D eigenvalue weighted by molar-refractivity contribution is 0.202. The molecule has 3 rings (SSSR count). The van der Waals surface area contributed by atoms with E-state index < -0.39 is 11.6 Å². The molecule has 0 amide bonds. The second-order valence-electron chi connectivity index (χ2n) is 5.29. The van der Waals surface area contributed by atoms with Gasteiger partial charge in [-0.25, -0.2) is 8.78 Å². The van der Waals surface area contributed by atoms with E-state index in [1.165, 1.54) is 5.56 Å². The van der Waals surface area contributed by atoms with E-state index in [0.29, 0.717) is 18.0 Å². The van der Waals surface area contributed by atoms with E-state index in [2.05, 4.69) is 15.1 Å². The summed E-state index contributed by atoms with van der Waals surface area (Å²) in [5, 5.41) is 6.81. The molecule has 106 valence electrons. The van der Waals surface area contributed by atoms with Crippen LogP contribution in [0.5, 0.6) is 0 Å². The van der Waals surface area contributed by atoms with Crippen molar-refractivity contribution in [1.82, 2.24) is 15.1 Å². The van der Waals surface area contributed by atoms with Gasteiger partial charge in [0.1, 0.15) is 0 Å². The Bertz CT molecular complexity index is 561. The molecule has 0 spiro atoms. The van der Waals surface area contributed by atoms with Crippen LogP contribution in [0.3, 0.4) is 0 Å². The summed E-state index contributed by atoms with van der Waals surface area (Å²) in [5.74, 6) is -0.970. The molecule has 1 fully saturated rings. The van der Waals surface area contributed by atoms with E-state index in [-0.39, 0.29) is 0 Å². The summed E-state index contributed by atoms with van der Waals surface area (Å²) >= 11 is 0. The Balaban J connectivity index is 1.60. The number of halogens is 2. The summed E-state index contributed by atoms with van der Waals surface area (Å²) in [7, 11) is 0. The molecule has 0 aliphatic carbocycles. The standard InChI is InChI=1S/C15H17F2N3/c16-14-3-1-2-12(15(14)17)10-20-6-4-11(5-7-20)13-8-18-19-9-13/h1-3,8-9,11H,4-7,10H2,(H,18,19). The predicted molar refractivity (Wildman–Crippen MR) is 72.2 cm³/mol. The lowest BCUT2D eigenvalue weighted by Gasteiger charge is -2.31. The first-order chi connectivity index (χ1) is 9.74. The van der Waals surface area contributed by atoms with Crippen LogP contribution in [0, 0.1) is 11.6 Å². The normalized spacial score (nSPS) is 17.5. The third-order valence-corrected chi connectivity index (χ3v) is 4.00. The van der Waals surface area contributed by atoms with Gasteiger partial charge in [0.05, 0.1) is 6.20 Å². The van der Waals surface area contributed by atoms with Crippen LogP contribution in [0.15, 0.2) is 30.6 Å². The summed E-state index contributed by atoms with van der Waals surface area (Å²) in [6, 6.07) is 4.37. The fourth-order valence-corrected chi connectivity index (χ4v) is 2.82. The number of piperidine rings is 1. The highest BCUT2D eigenvalue weighted by Gasteiger charge is 2.22. The molecule has 5 heteroatoms. The Kier molecular flexibility index (Phi) is 3.78. The van der Waals surface area contributed by atoms with Gasteiger partial charge < -0.3 is 0 Å². The smallest absolute Gasteiger partial charge is 0.163 e. The molecule has 1 aromatic carbocycles. The molecule has 0 bridgehead atoms. The molecule has 2 aromatic rings. The van der Waals surface area contributed by atoms with Gasteiger partial charge in [0, 0.05) is 18.3 Å². The van der Waals surface area contributed by atoms with Gasteiger partial charge in [-0.3, -0.25) is 10.00 Å². The molecule has 0 radical (unpaired) electrons. The van der Waals surface area contributed by atoms with Crippen LogP contribution < -0.4 is 0 Å². The molecule has 1 saturated heterocycles. The zero-order chi connectivity index (χ0) is 13.9. The van der Waals surface area contributed by atoms with Crippen LogP contribution in [0.2, 0.25) is 0 Å². The summed E-state index contributed by atoms with van der Waals surface area (Å²) < 4.78 is 26.8. The van der Waals surface area contributed by atoms with E-state index in [4.69, 9.17) is 0 Å². The zero-order valence-corrected chi connectivity index (χ0v) is 11.1. The second kappa shape index (κ2) is 5.71. The zero-order valence-electron chi connectivity index (χ0n) is 11.1. The topological polar surface area (TPSA) is 31.9 Å². The van der Waals surface area contributed by atoms with Gasteiger partial charge in [0.2, 0.25) is 0 Å². The van der Waals surface area contributed by atoms with Crippen molar-refractivity contribution in [3.63, 3.8) is 0 Å². The Labute approximate surface area is 116 Å². The van der Waals surface area contributed by atoms with Crippen molar-refractivity contribution >= 4 is 0 Å². The quantitative estimate of drug-likeness (QED) is 0.935. The van der Waals surface area contributed by atoms with Gasteiger partial charge >= 0.3 is 0 Å². The van der Waals surface area contributed by atoms with E-state index in [1.807, 2.05) is 12.4 Å². The number of rotatable bonds is 3. The van der Waals surface area contributed by atoms with Crippen LogP contribution in [0.4, 0.5) is 8.78 Å². The number of hydrogen-bond donors (Lipinski definition) is 1. The van der Waals surface area contributed by atoms with Gasteiger partial charge in [0.15, 0.2) is 11.6 Å². The van der Waals surface area contributed by atoms with Crippen LogP contribution in [0.25, 0.3) is 0 Å². The highest BCUT2D eigenvalue weighted by atomic mass is 19.2. The van der Waals surface area contributed by atoms with Gasteiger partial charge in [-0.15, -0.1) is 0 Å². The molecule has 1 aliphatic rings. The molecule has 0 atom stereocenters. The average Bonchev–Trinajstić information content (AvgIpc) is 2.99. The first kappa shape index (κ1) is 13.2. The number of hydrogen-bond acceptors (Lipinski definition) is 2. The van der Waals surface area contributed by atoms with Gasteiger partial charge in [-0.2, -0.15) is 5.10 Å². The molecule has 2 heterocycles. The van der Waals surface area contributed by atoms with E-state index in [9.17, 15) is 8.78 Å². The summed E-state index contributed by atoms with van der Waals surface area (Å²) in [6.07, 6.45) is 5.85. The number of aromatic amines is 1. The number of likely N-dealkylation sites (tertiary alicyclic amines) is 1. The minimum Gasteiger partial charge on any atom is -0.299 e. The van der Waals surface area contributed by atoms with Crippen LogP contribution in [-0.2, 0) is 6.54 Å². The SMILES string of the molecule is Fc1cccc(CN2CCC(c3cn[nH]c3)CC2)c1F. The van der Waals surface area contributed by atoms with Gasteiger partial charge in [0.25, 0.3) is 0 Å². The first-order valence-corrected chi connectivity index (χ1v) is 6.88. The Morgan fingerprint density at radius 1 is 1.25 bits per heavy atom. The van der Waals surface area contributed by atoms with E-state index >= 15 is 0 Å². The number of nitrogens with zero attached hydrogens (tertiary/aromatic N) is 2. The number of H-pyrrole nitrogens is 1. The summed E-state index contributed by atoms with van der Waals surface area (Å²) in [4.78, 5) is 2.18. The summed E-state index contributed by atoms with van der Waals surface area (Å²) in [6.45, 7) is 2.26. The van der Waals surface area contributed by atoms with Crippen molar-refractivity contribution in [2.45, 2.75) is 25.3 Å². The van der Waals surface area contributed by atoms with Crippen molar-refractivity contribution in [3.05, 3.63) is 53.4 Å². The fourth-order valence-electron chi connectivity index (χ4n) is 2.82. The van der Waals surface area contributed by atoms with Crippen molar-refractivity contribution in [1.29, 1.82) is 0 Å². The number of benzene rings is 1. The molecule has 1 N–H and O–H groups in total. The average molecular weight is 277 g/mol. The molecular formula is C15H17F2N3. The Hall–Kier alpha value is -1.75. The van der Waals surface area contributed by atoms with Crippen molar-refractivity contribution in [2.24, 2.45) is 0 Å². The van der Waals surface area contributed by atoms with Gasteiger partial charge in [-0.1, -0.05) is 12.1 Å². The largest absolute Gasteiger partial charge is 0.299 e.